The number of carbonyl (C=O) groups excluding carboxylic acids is 4. The van der Waals surface area contributed by atoms with Gasteiger partial charge in [-0.2, -0.15) is 0 Å². The molecule has 15 nitrogen and oxygen atoms in total. The number of nitrogens with zero attached hydrogens (tertiary/aromatic N) is 4. The molecule has 7 rings (SSSR count). The molecule has 0 unspecified atom stereocenters. The van der Waals surface area contributed by atoms with Crippen LogP contribution in [0.3, 0.4) is 0 Å². The van der Waals surface area contributed by atoms with Gasteiger partial charge >= 0.3 is 12.2 Å². The smallest absolute Gasteiger partial charge is 0.407 e. The Morgan fingerprint density at radius 2 is 1.20 bits per heavy atom. The van der Waals surface area contributed by atoms with E-state index in [-0.39, 0.29) is 41.7 Å². The lowest BCUT2D eigenvalue weighted by Crippen LogP contribution is -2.51. The fourth-order valence-electron chi connectivity index (χ4n) is 8.47. The van der Waals surface area contributed by atoms with Crippen LogP contribution in [0.25, 0.3) is 33.6 Å². The first-order chi connectivity index (χ1) is 29.5. The number of methoxy groups -OCH3 is 3. The predicted molar refractivity (Wildman–Crippen MR) is 229 cm³/mol. The summed E-state index contributed by atoms with van der Waals surface area (Å²) in [5.74, 6) is 1.17. The lowest BCUT2D eigenvalue weighted by atomic mass is 10.0. The van der Waals surface area contributed by atoms with Gasteiger partial charge in [-0.3, -0.25) is 9.59 Å². The third-order valence-electron chi connectivity index (χ3n) is 11.6. The molecule has 2 saturated heterocycles. The molecule has 0 aliphatic carbocycles. The maximum absolute atomic E-state index is 14.1. The Morgan fingerprint density at radius 1 is 0.689 bits per heavy atom. The van der Waals surface area contributed by atoms with Crippen LogP contribution in [-0.2, 0) is 23.8 Å². The van der Waals surface area contributed by atoms with E-state index in [1.165, 1.54) is 14.2 Å². The van der Waals surface area contributed by atoms with Crippen molar-refractivity contribution >= 4 is 24.0 Å². The van der Waals surface area contributed by atoms with Crippen molar-refractivity contribution in [1.82, 2.24) is 40.4 Å². The number of aromatic amines is 2. The van der Waals surface area contributed by atoms with Crippen molar-refractivity contribution in [3.63, 3.8) is 0 Å². The van der Waals surface area contributed by atoms with Crippen molar-refractivity contribution in [2.45, 2.75) is 57.8 Å². The number of nitrogens with one attached hydrogen (secondary N) is 4. The van der Waals surface area contributed by atoms with Gasteiger partial charge in [0, 0.05) is 26.1 Å². The van der Waals surface area contributed by atoms with Gasteiger partial charge in [-0.15, -0.1) is 0 Å². The summed E-state index contributed by atoms with van der Waals surface area (Å²) in [5.41, 5.74) is 6.32. The van der Waals surface area contributed by atoms with Crippen molar-refractivity contribution in [2.75, 3.05) is 41.0 Å². The minimum Gasteiger partial charge on any atom is -0.453 e. The first-order valence-corrected chi connectivity index (χ1v) is 20.6. The Hall–Kier alpha value is -6.48. The fourth-order valence-corrected chi connectivity index (χ4v) is 8.47. The monoisotopic (exact) mass is 830 g/mol. The summed E-state index contributed by atoms with van der Waals surface area (Å²) >= 11 is 0. The number of ether oxygens (including phenoxy) is 3. The second-order valence-electron chi connectivity index (χ2n) is 16.3. The minimum absolute atomic E-state index is 0.119. The first-order valence-electron chi connectivity index (χ1n) is 20.6. The maximum Gasteiger partial charge on any atom is 0.407 e. The molecule has 2 fully saturated rings. The van der Waals surface area contributed by atoms with Gasteiger partial charge in [0.25, 0.3) is 5.91 Å². The highest BCUT2D eigenvalue weighted by molar-refractivity contribution is 5.88. The average Bonchev–Trinajstić information content (AvgIpc) is 4.11. The van der Waals surface area contributed by atoms with Gasteiger partial charge < -0.3 is 44.6 Å². The molecular weight excluding hydrogens is 777 g/mol. The van der Waals surface area contributed by atoms with Crippen LogP contribution in [-0.4, -0.2) is 101 Å². The third kappa shape index (κ3) is 9.46. The molecule has 0 bridgehead atoms. The second-order valence-corrected chi connectivity index (χ2v) is 16.3. The highest BCUT2D eigenvalue weighted by Gasteiger charge is 2.42. The number of H-pyrrole nitrogens is 2. The molecule has 6 atom stereocenters. The molecule has 4 heterocycles. The van der Waals surface area contributed by atoms with Crippen molar-refractivity contribution in [3.05, 3.63) is 108 Å². The topological polar surface area (TPSA) is 184 Å². The summed E-state index contributed by atoms with van der Waals surface area (Å²) in [5, 5.41) is 5.43. The summed E-state index contributed by atoms with van der Waals surface area (Å²) in [6.45, 7) is 7.42. The van der Waals surface area contributed by atoms with Crippen LogP contribution in [0.15, 0.2) is 91.3 Å². The van der Waals surface area contributed by atoms with Crippen molar-refractivity contribution in [1.29, 1.82) is 0 Å². The maximum atomic E-state index is 14.1. The summed E-state index contributed by atoms with van der Waals surface area (Å²) < 4.78 is 15.1. The van der Waals surface area contributed by atoms with E-state index in [1.54, 1.807) is 29.3 Å². The van der Waals surface area contributed by atoms with Crippen LogP contribution in [0.1, 0.15) is 69.0 Å². The summed E-state index contributed by atoms with van der Waals surface area (Å²) in [4.78, 5) is 72.3. The Balaban J connectivity index is 1.03. The normalized spacial score (nSPS) is 19.7. The number of benzene rings is 3. The Labute approximate surface area is 355 Å². The van der Waals surface area contributed by atoms with Gasteiger partial charge in [0.05, 0.1) is 56.7 Å². The molecule has 0 radical (unpaired) electrons. The van der Waals surface area contributed by atoms with Gasteiger partial charge in [-0.1, -0.05) is 99.6 Å². The molecule has 2 aromatic heterocycles. The number of alkyl carbamates (subject to hydrolysis) is 2. The molecule has 4 N–H and O–H groups in total. The predicted octanol–water partition coefficient (Wildman–Crippen LogP) is 7.06. The number of rotatable bonds is 13. The first kappa shape index (κ1) is 42.6. The summed E-state index contributed by atoms with van der Waals surface area (Å²) in [6.07, 6.45) is 3.67. The quantitative estimate of drug-likeness (QED) is 0.0965. The number of hydrogen-bond acceptors (Lipinski definition) is 9. The van der Waals surface area contributed by atoms with Crippen LogP contribution in [0.2, 0.25) is 0 Å². The lowest BCUT2D eigenvalue weighted by Gasteiger charge is -2.30. The molecule has 2 aliphatic rings. The van der Waals surface area contributed by atoms with Crippen molar-refractivity contribution in [2.24, 2.45) is 17.8 Å². The molecule has 4 amide bonds. The van der Waals surface area contributed by atoms with E-state index in [0.29, 0.717) is 43.3 Å². The van der Waals surface area contributed by atoms with Crippen LogP contribution < -0.4 is 10.6 Å². The van der Waals surface area contributed by atoms with Crippen LogP contribution in [0, 0.1) is 17.8 Å². The van der Waals surface area contributed by atoms with Crippen molar-refractivity contribution in [3.8, 4) is 33.6 Å². The molecule has 61 heavy (non-hydrogen) atoms. The molecule has 0 spiro atoms. The molecule has 0 saturated carbocycles. The van der Waals surface area contributed by atoms with Crippen LogP contribution in [0.4, 0.5) is 9.59 Å². The zero-order chi connectivity index (χ0) is 43.2. The van der Waals surface area contributed by atoms with Gasteiger partial charge in [0.15, 0.2) is 0 Å². The van der Waals surface area contributed by atoms with E-state index in [4.69, 9.17) is 24.2 Å². The van der Waals surface area contributed by atoms with Crippen molar-refractivity contribution < 1.29 is 33.4 Å². The number of amides is 4. The Bertz CT molecular complexity index is 2290. The lowest BCUT2D eigenvalue weighted by molar-refractivity contribution is -0.136. The van der Waals surface area contributed by atoms with E-state index in [2.05, 4.69) is 51.8 Å². The van der Waals surface area contributed by atoms with Gasteiger partial charge in [0.2, 0.25) is 5.91 Å². The Kier molecular flexibility index (Phi) is 13.2. The Morgan fingerprint density at radius 3 is 1.72 bits per heavy atom. The highest BCUT2D eigenvalue weighted by atomic mass is 16.5. The number of carbonyl (C=O) groups is 4. The molecule has 320 valence electrons. The van der Waals surface area contributed by atoms with Crippen LogP contribution >= 0.6 is 0 Å². The molecular formula is C46H54N8O7. The molecule has 5 aromatic rings. The van der Waals surface area contributed by atoms with E-state index in [9.17, 15) is 19.2 Å². The van der Waals surface area contributed by atoms with E-state index in [0.717, 1.165) is 40.1 Å². The highest BCUT2D eigenvalue weighted by Crippen LogP contribution is 2.38. The van der Waals surface area contributed by atoms with Crippen LogP contribution in [0.5, 0.6) is 0 Å². The molecule has 2 aliphatic heterocycles. The molecule has 3 aromatic carbocycles. The SMILES string of the molecule is COC[C@H]1C[C@@H](c2ncc(-c3ccc(-c4ccc(-c5cnc([C@@H]6C[C@H](C)CN6C(=O)[C@H](NC(=O)OC)c6ccccc6)[nH]5)cc4)cc3)[nH]2)N(C(=O)[C@@H](NC(=O)OC)C(C)C)C1. The van der Waals surface area contributed by atoms with Gasteiger partial charge in [-0.05, 0) is 52.5 Å². The number of hydrogen-bond donors (Lipinski definition) is 4. The zero-order valence-electron chi connectivity index (χ0n) is 35.4. The van der Waals surface area contributed by atoms with E-state index >= 15 is 0 Å². The second kappa shape index (κ2) is 18.8. The van der Waals surface area contributed by atoms with Gasteiger partial charge in [-0.25, -0.2) is 19.6 Å². The standard InChI is InChI=1S/C46H54N8O7/c1-27(2)39(51-45(57)60-5)43(55)54-25-29(26-59-4)21-38(54)42-48-23-36(50-42)33-18-14-31(15-19-33)30-12-16-32(17-13-30)35-22-47-41(49-35)37-20-28(3)24-53(37)44(56)40(52-46(58)61-6)34-10-8-7-9-11-34/h7-19,22-23,27-29,37-40H,20-21,24-26H2,1-6H3,(H,47,49)(H,48,50)(H,51,57)(H,52,58)/t28-,29-,37-,38-,39-,40+/m0/s1. The van der Waals surface area contributed by atoms with Gasteiger partial charge in [0.1, 0.15) is 23.7 Å². The fraction of sp³-hybridized carbons (Fsp3) is 0.391. The summed E-state index contributed by atoms with van der Waals surface area (Å²) in [7, 11) is 4.22. The largest absolute Gasteiger partial charge is 0.453 e. The average molecular weight is 831 g/mol. The minimum atomic E-state index is -0.897. The number of imidazole rings is 2. The number of aromatic nitrogens is 4. The van der Waals surface area contributed by atoms with E-state index < -0.39 is 24.3 Å². The van der Waals surface area contributed by atoms with E-state index in [1.807, 2.05) is 68.4 Å². The molecule has 15 heteroatoms. The third-order valence-corrected chi connectivity index (χ3v) is 11.6. The summed E-state index contributed by atoms with van der Waals surface area (Å²) in [6, 6.07) is 23.4. The zero-order valence-corrected chi connectivity index (χ0v) is 35.4. The number of likely N-dealkylation sites (tertiary alicyclic amines) is 2.